The highest BCUT2D eigenvalue weighted by molar-refractivity contribution is 7.99. The quantitative estimate of drug-likeness (QED) is 0.817. The molecular formula is C15H28OS. The van der Waals surface area contributed by atoms with E-state index in [2.05, 4.69) is 13.8 Å². The van der Waals surface area contributed by atoms with E-state index in [4.69, 9.17) is 0 Å². The van der Waals surface area contributed by atoms with Gasteiger partial charge in [-0.25, -0.2) is 0 Å². The first-order valence-corrected chi connectivity index (χ1v) is 8.51. The normalized spacial score (nSPS) is 37.2. The fourth-order valence-electron chi connectivity index (χ4n) is 3.36. The summed E-state index contributed by atoms with van der Waals surface area (Å²) >= 11 is 2.04. The molecule has 0 heterocycles. The molecule has 1 N–H and O–H groups in total. The van der Waals surface area contributed by atoms with Crippen molar-refractivity contribution in [3.63, 3.8) is 0 Å². The maximum Gasteiger partial charge on any atom is 0.0658 e. The number of aliphatic hydroxyl groups excluding tert-OH is 1. The lowest BCUT2D eigenvalue weighted by Crippen LogP contribution is -2.31. The van der Waals surface area contributed by atoms with Crippen LogP contribution < -0.4 is 0 Å². The van der Waals surface area contributed by atoms with Crippen LogP contribution in [0.3, 0.4) is 0 Å². The van der Waals surface area contributed by atoms with Gasteiger partial charge in [-0.1, -0.05) is 33.1 Å². The van der Waals surface area contributed by atoms with E-state index in [0.717, 1.165) is 22.8 Å². The Morgan fingerprint density at radius 2 is 1.76 bits per heavy atom. The molecule has 100 valence electrons. The minimum Gasteiger partial charge on any atom is -0.392 e. The molecule has 1 nitrogen and oxygen atoms in total. The van der Waals surface area contributed by atoms with Gasteiger partial charge in [-0.2, -0.15) is 11.8 Å². The Bertz CT molecular complexity index is 225. The van der Waals surface area contributed by atoms with Crippen LogP contribution in [0.15, 0.2) is 0 Å². The van der Waals surface area contributed by atoms with Crippen molar-refractivity contribution in [1.29, 1.82) is 0 Å². The second-order valence-electron chi connectivity index (χ2n) is 6.33. The molecule has 0 radical (unpaired) electrons. The smallest absolute Gasteiger partial charge is 0.0658 e. The van der Waals surface area contributed by atoms with Crippen molar-refractivity contribution in [2.45, 2.75) is 70.1 Å². The van der Waals surface area contributed by atoms with Crippen LogP contribution in [-0.4, -0.2) is 22.2 Å². The largest absolute Gasteiger partial charge is 0.392 e. The number of hydrogen-bond acceptors (Lipinski definition) is 2. The van der Waals surface area contributed by atoms with E-state index in [1.165, 1.54) is 44.9 Å². The lowest BCUT2D eigenvalue weighted by atomic mass is 9.74. The highest BCUT2D eigenvalue weighted by Crippen LogP contribution is 2.37. The number of hydrogen-bond donors (Lipinski definition) is 1. The summed E-state index contributed by atoms with van der Waals surface area (Å²) in [6, 6.07) is 0. The van der Waals surface area contributed by atoms with E-state index in [9.17, 15) is 5.11 Å². The van der Waals surface area contributed by atoms with Gasteiger partial charge in [0.2, 0.25) is 0 Å². The Kier molecular flexibility index (Phi) is 5.23. The third-order valence-corrected chi connectivity index (χ3v) is 6.46. The maximum atomic E-state index is 10.3. The summed E-state index contributed by atoms with van der Waals surface area (Å²) in [6.07, 6.45) is 9.35. The first-order chi connectivity index (χ1) is 8.16. The van der Waals surface area contributed by atoms with Crippen LogP contribution in [0.1, 0.15) is 58.8 Å². The molecule has 2 aliphatic rings. The van der Waals surface area contributed by atoms with E-state index in [-0.39, 0.29) is 6.10 Å². The molecule has 17 heavy (non-hydrogen) atoms. The van der Waals surface area contributed by atoms with Crippen LogP contribution in [0, 0.1) is 17.8 Å². The molecule has 2 aliphatic carbocycles. The predicted molar refractivity (Wildman–Crippen MR) is 76.4 cm³/mol. The molecule has 2 saturated carbocycles. The van der Waals surface area contributed by atoms with Crippen LogP contribution in [0.5, 0.6) is 0 Å². The second-order valence-corrected chi connectivity index (χ2v) is 7.67. The lowest BCUT2D eigenvalue weighted by Gasteiger charge is -2.34. The average molecular weight is 256 g/mol. The zero-order valence-corrected chi connectivity index (χ0v) is 12.2. The van der Waals surface area contributed by atoms with E-state index < -0.39 is 0 Å². The fraction of sp³-hybridized carbons (Fsp3) is 1.00. The summed E-state index contributed by atoms with van der Waals surface area (Å²) in [7, 11) is 0. The van der Waals surface area contributed by atoms with Crippen LogP contribution in [0.25, 0.3) is 0 Å². The Hall–Kier alpha value is 0.310. The molecule has 0 aromatic carbocycles. The topological polar surface area (TPSA) is 20.2 Å². The molecule has 0 aromatic rings. The van der Waals surface area contributed by atoms with Crippen LogP contribution in [0.2, 0.25) is 0 Å². The first-order valence-electron chi connectivity index (χ1n) is 7.46. The van der Waals surface area contributed by atoms with Gasteiger partial charge in [-0.05, 0) is 43.4 Å². The summed E-state index contributed by atoms with van der Waals surface area (Å²) in [5.41, 5.74) is 0. The van der Waals surface area contributed by atoms with Gasteiger partial charge in [-0.3, -0.25) is 0 Å². The van der Waals surface area contributed by atoms with E-state index >= 15 is 0 Å². The van der Waals surface area contributed by atoms with Gasteiger partial charge in [0.15, 0.2) is 0 Å². The Morgan fingerprint density at radius 1 is 1.06 bits per heavy atom. The maximum absolute atomic E-state index is 10.3. The molecule has 0 aliphatic heterocycles. The van der Waals surface area contributed by atoms with Gasteiger partial charge in [0.1, 0.15) is 0 Å². The molecule has 2 fully saturated rings. The summed E-state index contributed by atoms with van der Waals surface area (Å²) in [5, 5.41) is 11.2. The Labute approximate surface area is 111 Å². The summed E-state index contributed by atoms with van der Waals surface area (Å²) in [5.74, 6) is 3.23. The van der Waals surface area contributed by atoms with Crippen LogP contribution in [-0.2, 0) is 0 Å². The van der Waals surface area contributed by atoms with E-state index in [0.29, 0.717) is 5.92 Å². The zero-order chi connectivity index (χ0) is 12.3. The van der Waals surface area contributed by atoms with E-state index in [1.807, 2.05) is 11.8 Å². The third-order valence-electron chi connectivity index (χ3n) is 4.99. The van der Waals surface area contributed by atoms with Crippen molar-refractivity contribution in [2.24, 2.45) is 17.8 Å². The molecule has 0 bridgehead atoms. The Morgan fingerprint density at radius 3 is 2.41 bits per heavy atom. The van der Waals surface area contributed by atoms with Crippen molar-refractivity contribution >= 4 is 11.8 Å². The molecule has 0 spiro atoms. The predicted octanol–water partition coefficient (Wildman–Crippen LogP) is 4.10. The van der Waals surface area contributed by atoms with Crippen molar-refractivity contribution < 1.29 is 5.11 Å². The lowest BCUT2D eigenvalue weighted by molar-refractivity contribution is 0.0729. The van der Waals surface area contributed by atoms with Gasteiger partial charge >= 0.3 is 0 Å². The Balaban J connectivity index is 1.70. The zero-order valence-electron chi connectivity index (χ0n) is 11.4. The van der Waals surface area contributed by atoms with Gasteiger partial charge in [-0.15, -0.1) is 0 Å². The van der Waals surface area contributed by atoms with Gasteiger partial charge < -0.3 is 5.11 Å². The van der Waals surface area contributed by atoms with Gasteiger partial charge in [0.05, 0.1) is 6.10 Å². The molecule has 0 saturated heterocycles. The minimum absolute atomic E-state index is 0.0458. The molecule has 2 rings (SSSR count). The summed E-state index contributed by atoms with van der Waals surface area (Å²) in [6.45, 7) is 4.72. The molecule has 2 heteroatoms. The average Bonchev–Trinajstić information content (AvgIpc) is 2.82. The van der Waals surface area contributed by atoms with Crippen molar-refractivity contribution in [3.8, 4) is 0 Å². The van der Waals surface area contributed by atoms with Gasteiger partial charge in [0, 0.05) is 11.0 Å². The second kappa shape index (κ2) is 6.47. The number of aliphatic hydroxyl groups is 1. The highest BCUT2D eigenvalue weighted by atomic mass is 32.2. The standard InChI is InChI=1S/C15H28OS/c1-11-7-8-13(9-12(11)2)15(16)10-17-14-5-3-4-6-14/h11-16H,3-10H2,1-2H3. The third kappa shape index (κ3) is 3.89. The fourth-order valence-corrected chi connectivity index (χ4v) is 4.77. The summed E-state index contributed by atoms with van der Waals surface area (Å²) in [4.78, 5) is 0. The number of rotatable bonds is 4. The minimum atomic E-state index is -0.0458. The SMILES string of the molecule is CC1CCC(C(O)CSC2CCCC2)CC1C. The van der Waals surface area contributed by atoms with Crippen molar-refractivity contribution in [1.82, 2.24) is 0 Å². The monoisotopic (exact) mass is 256 g/mol. The first kappa shape index (κ1) is 13.7. The van der Waals surface area contributed by atoms with Crippen molar-refractivity contribution in [3.05, 3.63) is 0 Å². The van der Waals surface area contributed by atoms with E-state index in [1.54, 1.807) is 0 Å². The van der Waals surface area contributed by atoms with Crippen molar-refractivity contribution in [2.75, 3.05) is 5.75 Å². The van der Waals surface area contributed by atoms with Gasteiger partial charge in [0.25, 0.3) is 0 Å². The number of thioether (sulfide) groups is 1. The molecule has 0 amide bonds. The molecular weight excluding hydrogens is 228 g/mol. The molecule has 4 atom stereocenters. The molecule has 0 aromatic heterocycles. The van der Waals surface area contributed by atoms with Crippen LogP contribution >= 0.6 is 11.8 Å². The summed E-state index contributed by atoms with van der Waals surface area (Å²) < 4.78 is 0. The molecule has 4 unspecified atom stereocenters. The van der Waals surface area contributed by atoms with Crippen LogP contribution in [0.4, 0.5) is 0 Å². The highest BCUT2D eigenvalue weighted by Gasteiger charge is 2.29.